The molecule has 0 saturated heterocycles. The summed E-state index contributed by atoms with van der Waals surface area (Å²) in [6, 6.07) is 20.3. The normalized spacial score (nSPS) is 15.1. The van der Waals surface area contributed by atoms with Crippen molar-refractivity contribution >= 4 is 50.9 Å². The van der Waals surface area contributed by atoms with Gasteiger partial charge in [-0.2, -0.15) is 0 Å². The highest BCUT2D eigenvalue weighted by atomic mass is 32.2. The Kier molecular flexibility index (Phi) is 7.44. The minimum atomic E-state index is -1.08. The number of Topliss-reactive ketones (excluding diaryl/α,β-unsaturated/α-hetero) is 1. The maximum atomic E-state index is 13.9. The molecule has 11 heteroatoms. The summed E-state index contributed by atoms with van der Waals surface area (Å²) < 4.78 is 12.0. The number of thioether (sulfide) groups is 1. The molecule has 3 heterocycles. The van der Waals surface area contributed by atoms with E-state index in [-0.39, 0.29) is 34.6 Å². The Morgan fingerprint density at radius 1 is 1.07 bits per heavy atom. The number of phenols is 1. The highest BCUT2D eigenvalue weighted by Gasteiger charge is 2.47. The Bertz CT molecular complexity index is 1810. The van der Waals surface area contributed by atoms with E-state index in [1.165, 1.54) is 39.6 Å². The monoisotopic (exact) mass is 599 g/mol. The van der Waals surface area contributed by atoms with Crippen LogP contribution in [-0.2, 0) is 10.5 Å². The largest absolute Gasteiger partial charge is 0.504 e. The molecule has 0 fully saturated rings. The zero-order valence-corrected chi connectivity index (χ0v) is 24.2. The van der Waals surface area contributed by atoms with Crippen LogP contribution < -0.4 is 9.64 Å². The number of nitrogens with zero attached hydrogens (tertiary/aromatic N) is 3. The van der Waals surface area contributed by atoms with Gasteiger partial charge in [-0.25, -0.2) is 0 Å². The molecule has 42 heavy (non-hydrogen) atoms. The summed E-state index contributed by atoms with van der Waals surface area (Å²) in [4.78, 5) is 28.7. The van der Waals surface area contributed by atoms with Crippen LogP contribution in [0, 0.1) is 6.92 Å². The molecule has 0 bridgehead atoms. The van der Waals surface area contributed by atoms with Crippen molar-refractivity contribution in [3.63, 3.8) is 0 Å². The van der Waals surface area contributed by atoms with E-state index in [1.54, 1.807) is 43.3 Å². The van der Waals surface area contributed by atoms with Crippen molar-refractivity contribution in [3.8, 4) is 11.5 Å². The number of phenolic OH excluding ortho intramolecular Hbond substituents is 1. The van der Waals surface area contributed by atoms with Gasteiger partial charge < -0.3 is 19.4 Å². The number of ketones is 1. The Morgan fingerprint density at radius 3 is 2.62 bits per heavy atom. The van der Waals surface area contributed by atoms with Gasteiger partial charge in [-0.1, -0.05) is 77.2 Å². The van der Waals surface area contributed by atoms with E-state index >= 15 is 0 Å². The number of furan rings is 1. The molecule has 0 aliphatic carbocycles. The molecule has 212 valence electrons. The van der Waals surface area contributed by atoms with Crippen LogP contribution in [0.4, 0.5) is 5.13 Å². The minimum Gasteiger partial charge on any atom is -0.504 e. The second-order valence-electron chi connectivity index (χ2n) is 9.60. The van der Waals surface area contributed by atoms with Gasteiger partial charge in [-0.15, -0.1) is 10.2 Å². The van der Waals surface area contributed by atoms with Gasteiger partial charge in [0.1, 0.15) is 5.58 Å². The summed E-state index contributed by atoms with van der Waals surface area (Å²) in [6.07, 6.45) is 0. The number of para-hydroxylation sites is 1. The number of benzene rings is 3. The average Bonchev–Trinajstić information content (AvgIpc) is 3.70. The molecule has 2 N–H and O–H groups in total. The first kappa shape index (κ1) is 27.6. The summed E-state index contributed by atoms with van der Waals surface area (Å²) >= 11 is 2.65. The topological polar surface area (TPSA) is 126 Å². The van der Waals surface area contributed by atoms with Crippen molar-refractivity contribution < 1.29 is 29.0 Å². The molecule has 1 aliphatic heterocycles. The van der Waals surface area contributed by atoms with Crippen molar-refractivity contribution in [2.75, 3.05) is 11.5 Å². The van der Waals surface area contributed by atoms with Gasteiger partial charge in [0, 0.05) is 11.1 Å². The van der Waals surface area contributed by atoms with Crippen molar-refractivity contribution in [2.24, 2.45) is 0 Å². The highest BCUT2D eigenvalue weighted by molar-refractivity contribution is 8.00. The van der Waals surface area contributed by atoms with E-state index in [2.05, 4.69) is 10.2 Å². The first-order valence-electron chi connectivity index (χ1n) is 13.1. The lowest BCUT2D eigenvalue weighted by Gasteiger charge is -2.24. The Labute approximate surface area is 249 Å². The van der Waals surface area contributed by atoms with Gasteiger partial charge in [-0.05, 0) is 49.2 Å². The zero-order chi connectivity index (χ0) is 29.4. The maximum Gasteiger partial charge on any atom is 0.296 e. The SMILES string of the molecule is CCOc1cc(C2C(C(=O)c3cc4ccccc4o3)=C(O)C(=O)N2c2nnc(SCc3ccc(C)cc3)s2)ccc1O. The molecule has 5 aromatic rings. The number of rotatable bonds is 9. The van der Waals surface area contributed by atoms with Crippen LogP contribution in [0.5, 0.6) is 11.5 Å². The van der Waals surface area contributed by atoms with Crippen molar-refractivity contribution in [1.29, 1.82) is 0 Å². The van der Waals surface area contributed by atoms with E-state index < -0.39 is 23.5 Å². The van der Waals surface area contributed by atoms with Crippen molar-refractivity contribution in [2.45, 2.75) is 30.0 Å². The molecule has 0 saturated carbocycles. The quantitative estimate of drug-likeness (QED) is 0.107. The Hall–Kier alpha value is -4.61. The number of aromatic nitrogens is 2. The number of carbonyl (C=O) groups excluding carboxylic acids is 2. The molecule has 2 aromatic heterocycles. The molecule has 1 amide bonds. The fraction of sp³-hybridized carbons (Fsp3) is 0.161. The minimum absolute atomic E-state index is 0.0205. The number of amides is 1. The molecular formula is C31H25N3O6S2. The second-order valence-corrected chi connectivity index (χ2v) is 11.8. The summed E-state index contributed by atoms with van der Waals surface area (Å²) in [5.41, 5.74) is 3.04. The highest BCUT2D eigenvalue weighted by Crippen LogP contribution is 2.45. The zero-order valence-electron chi connectivity index (χ0n) is 22.6. The van der Waals surface area contributed by atoms with Crippen LogP contribution in [0.25, 0.3) is 11.0 Å². The number of carbonyl (C=O) groups is 2. The van der Waals surface area contributed by atoms with Gasteiger partial charge in [0.05, 0.1) is 18.2 Å². The van der Waals surface area contributed by atoms with Gasteiger partial charge in [-0.3, -0.25) is 14.5 Å². The number of aliphatic hydroxyl groups is 1. The standard InChI is InChI=1S/C31H25N3O6S2/c1-3-39-23-15-20(12-13-21(23)35)26-25(27(36)24-14-19-6-4-5-7-22(19)40-24)28(37)29(38)34(26)30-32-33-31(42-30)41-16-18-10-8-17(2)9-11-18/h4-15,26,35,37H,3,16H2,1-2H3. The third-order valence-electron chi connectivity index (χ3n) is 6.79. The number of fused-ring (bicyclic) bond motifs is 1. The number of anilines is 1. The van der Waals surface area contributed by atoms with Crippen LogP contribution in [0.15, 0.2) is 92.9 Å². The molecule has 6 rings (SSSR count). The van der Waals surface area contributed by atoms with E-state index in [0.29, 0.717) is 26.6 Å². The van der Waals surface area contributed by atoms with E-state index in [0.717, 1.165) is 5.56 Å². The fourth-order valence-corrected chi connectivity index (χ4v) is 6.56. The number of aliphatic hydroxyl groups excluding tert-OH is 1. The number of hydrogen-bond donors (Lipinski definition) is 2. The molecule has 9 nitrogen and oxygen atoms in total. The third-order valence-corrected chi connectivity index (χ3v) is 8.91. The first-order valence-corrected chi connectivity index (χ1v) is 14.9. The van der Waals surface area contributed by atoms with Crippen LogP contribution in [0.2, 0.25) is 0 Å². The summed E-state index contributed by atoms with van der Waals surface area (Å²) in [6.45, 7) is 4.09. The van der Waals surface area contributed by atoms with Gasteiger partial charge in [0.25, 0.3) is 5.91 Å². The van der Waals surface area contributed by atoms with Gasteiger partial charge in [0.15, 0.2) is 27.4 Å². The average molecular weight is 600 g/mol. The van der Waals surface area contributed by atoms with Crippen LogP contribution in [0.1, 0.15) is 40.2 Å². The number of aromatic hydroxyl groups is 1. The smallest absolute Gasteiger partial charge is 0.296 e. The van der Waals surface area contributed by atoms with Crippen LogP contribution in [-0.4, -0.2) is 38.7 Å². The third kappa shape index (κ3) is 5.12. The molecule has 3 aromatic carbocycles. The lowest BCUT2D eigenvalue weighted by Crippen LogP contribution is -2.31. The lowest BCUT2D eigenvalue weighted by atomic mass is 9.95. The molecule has 1 unspecified atom stereocenters. The molecule has 1 aliphatic rings. The fourth-order valence-electron chi connectivity index (χ4n) is 4.74. The number of aryl methyl sites for hydroxylation is 1. The summed E-state index contributed by atoms with van der Waals surface area (Å²) in [5, 5.41) is 30.9. The number of ether oxygens (including phenoxy) is 1. The van der Waals surface area contributed by atoms with Crippen LogP contribution >= 0.6 is 23.1 Å². The van der Waals surface area contributed by atoms with Gasteiger partial charge >= 0.3 is 0 Å². The summed E-state index contributed by atoms with van der Waals surface area (Å²) in [5.74, 6) is -1.43. The Morgan fingerprint density at radius 2 is 1.86 bits per heavy atom. The maximum absolute atomic E-state index is 13.9. The van der Waals surface area contributed by atoms with Crippen LogP contribution in [0.3, 0.4) is 0 Å². The molecule has 0 radical (unpaired) electrons. The number of hydrogen-bond acceptors (Lipinski definition) is 10. The predicted octanol–water partition coefficient (Wildman–Crippen LogP) is 6.77. The Balaban J connectivity index is 1.39. The van der Waals surface area contributed by atoms with Gasteiger partial charge in [0.2, 0.25) is 10.9 Å². The van der Waals surface area contributed by atoms with Crippen molar-refractivity contribution in [1.82, 2.24) is 10.2 Å². The molecule has 0 spiro atoms. The predicted molar refractivity (Wildman–Crippen MR) is 160 cm³/mol. The first-order chi connectivity index (χ1) is 20.3. The summed E-state index contributed by atoms with van der Waals surface area (Å²) in [7, 11) is 0. The van der Waals surface area contributed by atoms with Crippen molar-refractivity contribution in [3.05, 3.63) is 107 Å². The molecule has 1 atom stereocenters. The van der Waals surface area contributed by atoms with E-state index in [1.807, 2.05) is 37.3 Å². The van der Waals surface area contributed by atoms with E-state index in [9.17, 15) is 19.8 Å². The second kappa shape index (κ2) is 11.3. The lowest BCUT2D eigenvalue weighted by molar-refractivity contribution is -0.117. The van der Waals surface area contributed by atoms with E-state index in [4.69, 9.17) is 9.15 Å². The molecular weight excluding hydrogens is 574 g/mol.